The lowest BCUT2D eigenvalue weighted by Crippen LogP contribution is -2.51. The first-order valence-corrected chi connectivity index (χ1v) is 11.0. The van der Waals surface area contributed by atoms with Gasteiger partial charge >= 0.3 is 0 Å². The van der Waals surface area contributed by atoms with Gasteiger partial charge in [0.05, 0.1) is 11.7 Å². The Balaban J connectivity index is 1.62. The van der Waals surface area contributed by atoms with Crippen molar-refractivity contribution < 1.29 is 4.79 Å². The van der Waals surface area contributed by atoms with Crippen LogP contribution in [0, 0.1) is 19.8 Å². The zero-order chi connectivity index (χ0) is 22.0. The molecule has 6 heteroatoms. The molecule has 4 rings (SSSR count). The summed E-state index contributed by atoms with van der Waals surface area (Å²) in [7, 11) is 1.91. The first-order valence-electron chi connectivity index (χ1n) is 11.0. The fourth-order valence-corrected chi connectivity index (χ4v) is 4.45. The van der Waals surface area contributed by atoms with E-state index in [0.29, 0.717) is 12.5 Å². The van der Waals surface area contributed by atoms with Crippen LogP contribution in [0.15, 0.2) is 48.8 Å². The van der Waals surface area contributed by atoms with Crippen LogP contribution in [0.2, 0.25) is 0 Å². The number of rotatable bonds is 5. The van der Waals surface area contributed by atoms with E-state index in [-0.39, 0.29) is 11.9 Å². The van der Waals surface area contributed by atoms with Crippen molar-refractivity contribution in [1.82, 2.24) is 19.7 Å². The van der Waals surface area contributed by atoms with Gasteiger partial charge in [0, 0.05) is 43.7 Å². The van der Waals surface area contributed by atoms with Crippen LogP contribution >= 0.6 is 0 Å². The molecule has 1 N–H and O–H groups in total. The van der Waals surface area contributed by atoms with Crippen molar-refractivity contribution in [2.75, 3.05) is 18.4 Å². The molecule has 0 radical (unpaired) electrons. The molecule has 0 saturated carbocycles. The molecule has 31 heavy (non-hydrogen) atoms. The average molecular weight is 418 g/mol. The highest BCUT2D eigenvalue weighted by atomic mass is 16.2. The molecule has 2 aromatic heterocycles. The number of benzene rings is 1. The fraction of sp³-hybridized carbons (Fsp3) is 0.400. The number of hydrogen-bond acceptors (Lipinski definition) is 4. The van der Waals surface area contributed by atoms with Crippen LogP contribution in [0.5, 0.6) is 0 Å². The molecular weight excluding hydrogens is 386 g/mol. The second-order valence-corrected chi connectivity index (χ2v) is 8.68. The molecule has 3 heterocycles. The lowest BCUT2D eigenvalue weighted by molar-refractivity contribution is 0.0540. The van der Waals surface area contributed by atoms with Crippen LogP contribution in [0.25, 0.3) is 11.3 Å². The van der Waals surface area contributed by atoms with Gasteiger partial charge < -0.3 is 10.2 Å². The molecule has 1 amide bonds. The van der Waals surface area contributed by atoms with Gasteiger partial charge in [-0.3, -0.25) is 9.48 Å². The Kier molecular flexibility index (Phi) is 6.07. The van der Waals surface area contributed by atoms with E-state index in [1.54, 1.807) is 6.20 Å². The minimum atomic E-state index is 0.0927. The molecule has 1 aromatic carbocycles. The number of amides is 1. The maximum Gasteiger partial charge on any atom is 0.254 e. The molecule has 6 nitrogen and oxygen atoms in total. The zero-order valence-corrected chi connectivity index (χ0v) is 18.8. The van der Waals surface area contributed by atoms with Crippen molar-refractivity contribution in [2.45, 2.75) is 39.7 Å². The summed E-state index contributed by atoms with van der Waals surface area (Å²) in [5, 5.41) is 7.75. The highest BCUT2D eigenvalue weighted by Gasteiger charge is 2.33. The summed E-state index contributed by atoms with van der Waals surface area (Å²) in [4.78, 5) is 20.4. The normalized spacial score (nSPS) is 18.8. The van der Waals surface area contributed by atoms with Gasteiger partial charge in [-0.25, -0.2) is 4.98 Å². The van der Waals surface area contributed by atoms with Crippen molar-refractivity contribution in [3.8, 4) is 11.3 Å². The van der Waals surface area contributed by atoms with Crippen LogP contribution in [0.3, 0.4) is 0 Å². The molecule has 1 saturated heterocycles. The highest BCUT2D eigenvalue weighted by molar-refractivity contribution is 6.01. The molecule has 1 aliphatic rings. The van der Waals surface area contributed by atoms with E-state index in [4.69, 9.17) is 0 Å². The number of aromatic nitrogens is 3. The van der Waals surface area contributed by atoms with Gasteiger partial charge in [0.1, 0.15) is 5.82 Å². The number of carbonyl (C=O) groups is 1. The molecule has 1 aliphatic heterocycles. The molecule has 0 bridgehead atoms. The first kappa shape index (κ1) is 21.1. The number of nitrogens with zero attached hydrogens (tertiary/aromatic N) is 4. The van der Waals surface area contributed by atoms with Crippen molar-refractivity contribution in [3.63, 3.8) is 0 Å². The Morgan fingerprint density at radius 1 is 1.16 bits per heavy atom. The molecule has 0 spiro atoms. The second-order valence-electron chi connectivity index (χ2n) is 8.68. The molecular formula is C25H31N5O. The standard InChI is InChI=1S/C25H31N5O/c1-17-7-9-20(22-11-12-28-29(22)4)21(14-17)25(31)30-13-5-6-19(3)23(30)16-27-24-10-8-18(2)15-26-24/h7-12,14-15,19,23H,5-6,13,16H2,1-4H3,(H,26,27). The third kappa shape index (κ3) is 4.48. The van der Waals surface area contributed by atoms with Crippen LogP contribution in [0.4, 0.5) is 5.82 Å². The molecule has 1 fully saturated rings. The minimum absolute atomic E-state index is 0.0927. The largest absolute Gasteiger partial charge is 0.368 e. The third-order valence-electron chi connectivity index (χ3n) is 6.28. The number of carbonyl (C=O) groups excluding carboxylic acids is 1. The SMILES string of the molecule is Cc1ccc(NCC2C(C)CCCN2C(=O)c2cc(C)ccc2-c2ccnn2C)nc1. The van der Waals surface area contributed by atoms with E-state index in [1.165, 1.54) is 0 Å². The lowest BCUT2D eigenvalue weighted by Gasteiger charge is -2.40. The summed E-state index contributed by atoms with van der Waals surface area (Å²) in [6.07, 6.45) is 5.79. The Labute approximate surface area is 184 Å². The topological polar surface area (TPSA) is 63.1 Å². The third-order valence-corrected chi connectivity index (χ3v) is 6.28. The van der Waals surface area contributed by atoms with Crippen LogP contribution in [-0.2, 0) is 7.05 Å². The van der Waals surface area contributed by atoms with Crippen molar-refractivity contribution in [1.29, 1.82) is 0 Å². The summed E-state index contributed by atoms with van der Waals surface area (Å²) in [6.45, 7) is 7.77. The number of anilines is 1. The summed E-state index contributed by atoms with van der Waals surface area (Å²) < 4.78 is 1.82. The van der Waals surface area contributed by atoms with Crippen LogP contribution < -0.4 is 5.32 Å². The molecule has 0 aliphatic carbocycles. The van der Waals surface area contributed by atoms with Gasteiger partial charge in [-0.2, -0.15) is 5.10 Å². The summed E-state index contributed by atoms with van der Waals surface area (Å²) in [6, 6.07) is 12.2. The summed E-state index contributed by atoms with van der Waals surface area (Å²) >= 11 is 0. The Morgan fingerprint density at radius 3 is 2.68 bits per heavy atom. The Hall–Kier alpha value is -3.15. The van der Waals surface area contributed by atoms with Gasteiger partial charge in [0.25, 0.3) is 5.91 Å². The quantitative estimate of drug-likeness (QED) is 0.666. The highest BCUT2D eigenvalue weighted by Crippen LogP contribution is 2.30. The predicted octanol–water partition coefficient (Wildman–Crippen LogP) is 4.45. The van der Waals surface area contributed by atoms with Crippen molar-refractivity contribution in [2.24, 2.45) is 13.0 Å². The number of pyridine rings is 1. The van der Waals surface area contributed by atoms with E-state index in [1.807, 2.05) is 56.0 Å². The number of aryl methyl sites for hydroxylation is 3. The summed E-state index contributed by atoms with van der Waals surface area (Å²) in [5.41, 5.74) is 4.84. The van der Waals surface area contributed by atoms with Crippen LogP contribution in [0.1, 0.15) is 41.3 Å². The van der Waals surface area contributed by atoms with Gasteiger partial charge in [0.2, 0.25) is 0 Å². The average Bonchev–Trinajstić information content (AvgIpc) is 3.19. The van der Waals surface area contributed by atoms with Gasteiger partial charge in [-0.05, 0) is 56.4 Å². The zero-order valence-electron chi connectivity index (χ0n) is 18.8. The molecule has 3 aromatic rings. The monoisotopic (exact) mass is 417 g/mol. The first-order chi connectivity index (χ1) is 14.9. The van der Waals surface area contributed by atoms with Crippen LogP contribution in [-0.4, -0.2) is 44.7 Å². The number of hydrogen-bond donors (Lipinski definition) is 1. The van der Waals surface area contributed by atoms with Gasteiger partial charge in [-0.1, -0.05) is 30.7 Å². The van der Waals surface area contributed by atoms with E-state index in [9.17, 15) is 4.79 Å². The van der Waals surface area contributed by atoms with Gasteiger partial charge in [0.15, 0.2) is 0 Å². The second kappa shape index (κ2) is 8.92. The van der Waals surface area contributed by atoms with E-state index in [0.717, 1.165) is 53.2 Å². The maximum atomic E-state index is 13.8. The Morgan fingerprint density at radius 2 is 1.97 bits per heavy atom. The molecule has 2 atom stereocenters. The van der Waals surface area contributed by atoms with Gasteiger partial charge in [-0.15, -0.1) is 0 Å². The van der Waals surface area contributed by atoms with E-state index in [2.05, 4.69) is 39.4 Å². The molecule has 2 unspecified atom stereocenters. The lowest BCUT2D eigenvalue weighted by atomic mass is 9.89. The van der Waals surface area contributed by atoms with Crippen molar-refractivity contribution in [3.05, 3.63) is 65.5 Å². The van der Waals surface area contributed by atoms with E-state index < -0.39 is 0 Å². The predicted molar refractivity (Wildman–Crippen MR) is 124 cm³/mol. The number of piperidine rings is 1. The number of nitrogens with one attached hydrogen (secondary N) is 1. The smallest absolute Gasteiger partial charge is 0.254 e. The van der Waals surface area contributed by atoms with Crippen molar-refractivity contribution >= 4 is 11.7 Å². The number of likely N-dealkylation sites (tertiary alicyclic amines) is 1. The van der Waals surface area contributed by atoms with E-state index >= 15 is 0 Å². The minimum Gasteiger partial charge on any atom is -0.368 e. The Bertz CT molecular complexity index is 1060. The maximum absolute atomic E-state index is 13.8. The summed E-state index contributed by atoms with van der Waals surface area (Å²) in [5.74, 6) is 1.36. The molecule has 162 valence electrons. The fourth-order valence-electron chi connectivity index (χ4n) is 4.45.